The Morgan fingerprint density at radius 2 is 2.10 bits per heavy atom. The van der Waals surface area contributed by atoms with E-state index in [4.69, 9.17) is 9.47 Å². The summed E-state index contributed by atoms with van der Waals surface area (Å²) in [6, 6.07) is 9.29. The first kappa shape index (κ1) is 15.8. The first-order chi connectivity index (χ1) is 9.92. The minimum Gasteiger partial charge on any atom is -0.382 e. The quantitative estimate of drug-likeness (QED) is 0.708. The van der Waals surface area contributed by atoms with Crippen molar-refractivity contribution >= 4 is 11.8 Å². The number of unbranched alkanes of at least 4 members (excludes halogenated alkanes) is 1. The van der Waals surface area contributed by atoms with Crippen molar-refractivity contribution in [2.24, 2.45) is 0 Å². The molecule has 0 radical (unpaired) electrons. The van der Waals surface area contributed by atoms with E-state index in [1.54, 1.807) is 7.11 Å². The lowest BCUT2D eigenvalue weighted by Crippen LogP contribution is -2.25. The molecule has 3 nitrogen and oxygen atoms in total. The van der Waals surface area contributed by atoms with Gasteiger partial charge in [0.15, 0.2) is 0 Å². The van der Waals surface area contributed by atoms with Gasteiger partial charge in [-0.1, -0.05) is 18.2 Å². The number of nitrogens with one attached hydrogen (secondary N) is 1. The van der Waals surface area contributed by atoms with Crippen molar-refractivity contribution in [2.75, 3.05) is 39.2 Å². The zero-order valence-electron chi connectivity index (χ0n) is 12.3. The van der Waals surface area contributed by atoms with Crippen LogP contribution in [0.5, 0.6) is 0 Å². The number of hydrogen-bond donors (Lipinski definition) is 1. The van der Waals surface area contributed by atoms with Crippen LogP contribution in [-0.4, -0.2) is 39.2 Å². The normalized spacial score (nSPS) is 17.9. The maximum atomic E-state index is 5.47. The molecule has 0 amide bonds. The summed E-state index contributed by atoms with van der Waals surface area (Å²) in [5, 5.41) is 3.69. The molecule has 1 heterocycles. The van der Waals surface area contributed by atoms with E-state index >= 15 is 0 Å². The number of methoxy groups -OCH3 is 1. The summed E-state index contributed by atoms with van der Waals surface area (Å²) >= 11 is 1.98. The van der Waals surface area contributed by atoms with Crippen molar-refractivity contribution in [3.63, 3.8) is 0 Å². The Hall–Kier alpha value is -0.550. The topological polar surface area (TPSA) is 30.5 Å². The third-order valence-corrected chi connectivity index (χ3v) is 4.62. The fourth-order valence-corrected chi connectivity index (χ4v) is 3.53. The molecule has 2 rings (SSSR count). The first-order valence-corrected chi connectivity index (χ1v) is 8.42. The molecule has 0 aliphatic carbocycles. The molecule has 0 aromatic heterocycles. The van der Waals surface area contributed by atoms with E-state index in [2.05, 4.69) is 29.6 Å². The van der Waals surface area contributed by atoms with Crippen LogP contribution in [0.25, 0.3) is 0 Å². The van der Waals surface area contributed by atoms with Crippen LogP contribution in [-0.2, 0) is 9.47 Å². The largest absolute Gasteiger partial charge is 0.382 e. The number of thioether (sulfide) groups is 1. The molecule has 1 aromatic carbocycles. The highest BCUT2D eigenvalue weighted by atomic mass is 32.2. The SMILES string of the molecule is COCCOCCCCNC1CCSc2ccccc21. The summed E-state index contributed by atoms with van der Waals surface area (Å²) in [7, 11) is 1.70. The van der Waals surface area contributed by atoms with Crippen molar-refractivity contribution in [3.05, 3.63) is 29.8 Å². The summed E-state index contributed by atoms with van der Waals surface area (Å²) in [5.41, 5.74) is 1.47. The van der Waals surface area contributed by atoms with Crippen molar-refractivity contribution < 1.29 is 9.47 Å². The van der Waals surface area contributed by atoms with Gasteiger partial charge in [-0.3, -0.25) is 0 Å². The standard InChI is InChI=1S/C16H25NO2S/c1-18-11-12-19-10-5-4-9-17-15-8-13-20-16-7-3-2-6-14(15)16/h2-3,6-7,15,17H,4-5,8-13H2,1H3. The number of rotatable bonds is 9. The maximum absolute atomic E-state index is 5.47. The van der Waals surface area contributed by atoms with Gasteiger partial charge in [-0.2, -0.15) is 0 Å². The lowest BCUT2D eigenvalue weighted by Gasteiger charge is -2.26. The van der Waals surface area contributed by atoms with Crippen molar-refractivity contribution in [1.29, 1.82) is 0 Å². The predicted octanol–water partition coefficient (Wildman–Crippen LogP) is 3.26. The van der Waals surface area contributed by atoms with E-state index in [1.165, 1.54) is 29.1 Å². The molecule has 1 unspecified atom stereocenters. The molecular formula is C16H25NO2S. The average Bonchev–Trinajstić information content (AvgIpc) is 2.50. The van der Waals surface area contributed by atoms with Gasteiger partial charge < -0.3 is 14.8 Å². The monoisotopic (exact) mass is 295 g/mol. The van der Waals surface area contributed by atoms with Crippen molar-refractivity contribution in [3.8, 4) is 0 Å². The van der Waals surface area contributed by atoms with Gasteiger partial charge >= 0.3 is 0 Å². The maximum Gasteiger partial charge on any atom is 0.0700 e. The second-order valence-corrected chi connectivity index (χ2v) is 6.13. The molecular weight excluding hydrogens is 270 g/mol. The van der Waals surface area contributed by atoms with Crippen LogP contribution < -0.4 is 5.32 Å². The molecule has 20 heavy (non-hydrogen) atoms. The third kappa shape index (κ3) is 5.09. The van der Waals surface area contributed by atoms with Crippen LogP contribution in [0.3, 0.4) is 0 Å². The number of ether oxygens (including phenoxy) is 2. The zero-order valence-corrected chi connectivity index (χ0v) is 13.1. The Labute approximate surface area is 126 Å². The van der Waals surface area contributed by atoms with Gasteiger partial charge in [0.1, 0.15) is 0 Å². The van der Waals surface area contributed by atoms with E-state index in [0.29, 0.717) is 19.3 Å². The highest BCUT2D eigenvalue weighted by Crippen LogP contribution is 2.35. The number of fused-ring (bicyclic) bond motifs is 1. The highest BCUT2D eigenvalue weighted by Gasteiger charge is 2.18. The molecule has 0 bridgehead atoms. The Morgan fingerprint density at radius 1 is 1.20 bits per heavy atom. The second-order valence-electron chi connectivity index (χ2n) is 4.99. The van der Waals surface area contributed by atoms with Crippen LogP contribution in [0.1, 0.15) is 30.9 Å². The summed E-state index contributed by atoms with van der Waals surface area (Å²) < 4.78 is 10.4. The van der Waals surface area contributed by atoms with E-state index in [0.717, 1.165) is 19.6 Å². The summed E-state index contributed by atoms with van der Waals surface area (Å²) in [5.74, 6) is 1.22. The van der Waals surface area contributed by atoms with Crippen LogP contribution in [0, 0.1) is 0 Å². The van der Waals surface area contributed by atoms with Crippen molar-refractivity contribution in [1.82, 2.24) is 5.32 Å². The molecule has 1 aromatic rings. The van der Waals surface area contributed by atoms with E-state index in [9.17, 15) is 0 Å². The van der Waals surface area contributed by atoms with Gasteiger partial charge in [0.2, 0.25) is 0 Å². The molecule has 0 fully saturated rings. The Bertz CT molecular complexity index is 386. The minimum absolute atomic E-state index is 0.529. The summed E-state index contributed by atoms with van der Waals surface area (Å²) in [6.07, 6.45) is 3.50. The molecule has 0 saturated carbocycles. The number of hydrogen-bond acceptors (Lipinski definition) is 4. The van der Waals surface area contributed by atoms with Crippen LogP contribution in [0.2, 0.25) is 0 Å². The van der Waals surface area contributed by atoms with E-state index < -0.39 is 0 Å². The van der Waals surface area contributed by atoms with Crippen LogP contribution in [0.4, 0.5) is 0 Å². The van der Waals surface area contributed by atoms with Crippen LogP contribution in [0.15, 0.2) is 29.2 Å². The molecule has 1 aliphatic heterocycles. The average molecular weight is 295 g/mol. The molecule has 1 atom stereocenters. The molecule has 0 saturated heterocycles. The first-order valence-electron chi connectivity index (χ1n) is 7.43. The minimum atomic E-state index is 0.529. The fraction of sp³-hybridized carbons (Fsp3) is 0.625. The molecule has 1 aliphatic rings. The Morgan fingerprint density at radius 3 is 3.00 bits per heavy atom. The summed E-state index contributed by atoms with van der Waals surface area (Å²) in [6.45, 7) is 3.30. The van der Waals surface area contributed by atoms with Gasteiger partial charge in [-0.05, 0) is 43.2 Å². The molecule has 1 N–H and O–H groups in total. The lowest BCUT2D eigenvalue weighted by atomic mass is 10.0. The van der Waals surface area contributed by atoms with Gasteiger partial charge in [0, 0.05) is 24.7 Å². The smallest absolute Gasteiger partial charge is 0.0700 e. The third-order valence-electron chi connectivity index (χ3n) is 3.50. The highest BCUT2D eigenvalue weighted by molar-refractivity contribution is 7.99. The van der Waals surface area contributed by atoms with E-state index in [-0.39, 0.29) is 0 Å². The second kappa shape index (κ2) is 9.40. The fourth-order valence-electron chi connectivity index (χ4n) is 2.40. The molecule has 0 spiro atoms. The van der Waals surface area contributed by atoms with Gasteiger partial charge in [-0.15, -0.1) is 11.8 Å². The van der Waals surface area contributed by atoms with Gasteiger partial charge in [-0.25, -0.2) is 0 Å². The number of benzene rings is 1. The molecule has 112 valence electrons. The lowest BCUT2D eigenvalue weighted by molar-refractivity contribution is 0.0687. The molecule has 4 heteroatoms. The Balaban J connectivity index is 1.61. The predicted molar refractivity (Wildman–Crippen MR) is 84.5 cm³/mol. The van der Waals surface area contributed by atoms with Gasteiger partial charge in [0.05, 0.1) is 13.2 Å². The van der Waals surface area contributed by atoms with E-state index in [1.807, 2.05) is 11.8 Å². The van der Waals surface area contributed by atoms with Crippen molar-refractivity contribution in [2.45, 2.75) is 30.2 Å². The summed E-state index contributed by atoms with van der Waals surface area (Å²) in [4.78, 5) is 1.44. The van der Waals surface area contributed by atoms with Crippen LogP contribution >= 0.6 is 11.8 Å². The zero-order chi connectivity index (χ0) is 14.0. The van der Waals surface area contributed by atoms with Gasteiger partial charge in [0.25, 0.3) is 0 Å². The Kier molecular flexibility index (Phi) is 7.44.